The number of nitrogens with one attached hydrogen (secondary N) is 2. The third-order valence-electron chi connectivity index (χ3n) is 6.10. The molecule has 5 heteroatoms. The van der Waals surface area contributed by atoms with E-state index in [9.17, 15) is 0 Å². The largest absolute Gasteiger partial charge is 0.357 e. The molecule has 2 N–H and O–H groups in total. The summed E-state index contributed by atoms with van der Waals surface area (Å²) >= 11 is 0. The summed E-state index contributed by atoms with van der Waals surface area (Å²) in [5.41, 5.74) is 0. The van der Waals surface area contributed by atoms with Gasteiger partial charge in [-0.25, -0.2) is 0 Å². The second-order valence-electron chi connectivity index (χ2n) is 8.62. The Kier molecular flexibility index (Phi) is 9.20. The Labute approximate surface area is 162 Å². The molecule has 152 valence electrons. The average molecular weight is 366 g/mol. The van der Waals surface area contributed by atoms with Gasteiger partial charge in [-0.15, -0.1) is 0 Å². The van der Waals surface area contributed by atoms with Crippen molar-refractivity contribution in [1.82, 2.24) is 20.4 Å². The fourth-order valence-electron chi connectivity index (χ4n) is 4.22. The fraction of sp³-hybridized carbons (Fsp3) is 0.952. The van der Waals surface area contributed by atoms with Crippen molar-refractivity contribution in [3.8, 4) is 0 Å². The van der Waals surface area contributed by atoms with Crippen LogP contribution in [0, 0.1) is 5.92 Å². The maximum atomic E-state index is 4.84. The maximum Gasteiger partial charge on any atom is 0.191 e. The van der Waals surface area contributed by atoms with Crippen molar-refractivity contribution < 1.29 is 0 Å². The lowest BCUT2D eigenvalue weighted by Crippen LogP contribution is -2.46. The predicted molar refractivity (Wildman–Crippen MR) is 113 cm³/mol. The summed E-state index contributed by atoms with van der Waals surface area (Å²) in [6.45, 7) is 18.1. The first-order chi connectivity index (χ1) is 12.5. The molecule has 0 amide bonds. The molecule has 26 heavy (non-hydrogen) atoms. The number of piperidine rings is 1. The van der Waals surface area contributed by atoms with Gasteiger partial charge in [0, 0.05) is 44.3 Å². The molecule has 3 atom stereocenters. The van der Waals surface area contributed by atoms with Gasteiger partial charge in [-0.2, -0.15) is 0 Å². The SMILES string of the molecule is CCNC(=NCCCCN1CCCCC1C)NC1CN(C(C)C)CC1C. The van der Waals surface area contributed by atoms with Crippen LogP contribution in [-0.2, 0) is 0 Å². The van der Waals surface area contributed by atoms with Crippen LogP contribution >= 0.6 is 0 Å². The molecule has 0 aromatic carbocycles. The van der Waals surface area contributed by atoms with Crippen LogP contribution in [0.2, 0.25) is 0 Å². The zero-order valence-corrected chi connectivity index (χ0v) is 17.9. The molecule has 0 bridgehead atoms. The molecule has 0 aromatic heterocycles. The molecular formula is C21H43N5. The van der Waals surface area contributed by atoms with Crippen molar-refractivity contribution in [2.24, 2.45) is 10.9 Å². The van der Waals surface area contributed by atoms with Crippen molar-refractivity contribution in [2.45, 2.75) is 84.8 Å². The molecule has 5 nitrogen and oxygen atoms in total. The molecule has 0 spiro atoms. The highest BCUT2D eigenvalue weighted by Crippen LogP contribution is 2.19. The van der Waals surface area contributed by atoms with Crippen LogP contribution < -0.4 is 10.6 Å². The number of aliphatic imine (C=N–C) groups is 1. The zero-order valence-electron chi connectivity index (χ0n) is 17.9. The van der Waals surface area contributed by atoms with Crippen LogP contribution in [0.25, 0.3) is 0 Å². The predicted octanol–water partition coefficient (Wildman–Crippen LogP) is 2.92. The molecule has 2 rings (SSSR count). The molecular weight excluding hydrogens is 322 g/mol. The standard InChI is InChI=1S/C21H43N5/c1-6-22-21(24-20-16-26(17(2)3)15-18(20)4)23-12-8-10-14-25-13-9-7-11-19(25)5/h17-20H,6-16H2,1-5H3,(H2,22,23,24). The highest BCUT2D eigenvalue weighted by Gasteiger charge is 2.31. The van der Waals surface area contributed by atoms with E-state index in [2.05, 4.69) is 55.1 Å². The summed E-state index contributed by atoms with van der Waals surface area (Å²) in [5.74, 6) is 1.67. The van der Waals surface area contributed by atoms with Gasteiger partial charge in [-0.3, -0.25) is 9.89 Å². The van der Waals surface area contributed by atoms with Gasteiger partial charge in [-0.1, -0.05) is 13.3 Å². The topological polar surface area (TPSA) is 42.9 Å². The smallest absolute Gasteiger partial charge is 0.191 e. The van der Waals surface area contributed by atoms with E-state index in [4.69, 9.17) is 4.99 Å². The van der Waals surface area contributed by atoms with E-state index in [-0.39, 0.29) is 0 Å². The Morgan fingerprint density at radius 1 is 1.15 bits per heavy atom. The van der Waals surface area contributed by atoms with Gasteiger partial charge in [0.05, 0.1) is 0 Å². The van der Waals surface area contributed by atoms with E-state index in [1.54, 1.807) is 0 Å². The Bertz CT molecular complexity index is 423. The Morgan fingerprint density at radius 3 is 2.62 bits per heavy atom. The highest BCUT2D eigenvalue weighted by atomic mass is 15.3. The van der Waals surface area contributed by atoms with E-state index < -0.39 is 0 Å². The van der Waals surface area contributed by atoms with Gasteiger partial charge in [-0.05, 0) is 72.4 Å². The van der Waals surface area contributed by atoms with E-state index in [1.807, 2.05) is 0 Å². The zero-order chi connectivity index (χ0) is 18.9. The average Bonchev–Trinajstić information content (AvgIpc) is 2.97. The van der Waals surface area contributed by atoms with E-state index in [1.165, 1.54) is 51.7 Å². The second kappa shape index (κ2) is 11.1. The van der Waals surface area contributed by atoms with E-state index in [0.717, 1.165) is 31.6 Å². The van der Waals surface area contributed by atoms with Crippen LogP contribution in [0.15, 0.2) is 4.99 Å². The van der Waals surface area contributed by atoms with Crippen LogP contribution in [0.5, 0.6) is 0 Å². The Hall–Kier alpha value is -0.810. The molecule has 2 fully saturated rings. The third-order valence-corrected chi connectivity index (χ3v) is 6.10. The van der Waals surface area contributed by atoms with Crippen LogP contribution in [0.1, 0.15) is 66.7 Å². The van der Waals surface area contributed by atoms with E-state index in [0.29, 0.717) is 18.0 Å². The van der Waals surface area contributed by atoms with Gasteiger partial charge in [0.2, 0.25) is 0 Å². The summed E-state index contributed by atoms with van der Waals surface area (Å²) in [7, 11) is 0. The quantitative estimate of drug-likeness (QED) is 0.394. The minimum Gasteiger partial charge on any atom is -0.357 e. The van der Waals surface area contributed by atoms with Crippen molar-refractivity contribution in [2.75, 3.05) is 39.3 Å². The van der Waals surface area contributed by atoms with Crippen LogP contribution in [-0.4, -0.2) is 73.2 Å². The third kappa shape index (κ3) is 6.73. The van der Waals surface area contributed by atoms with Crippen molar-refractivity contribution in [3.63, 3.8) is 0 Å². The molecule has 0 aromatic rings. The minimum atomic E-state index is 0.504. The fourth-order valence-corrected chi connectivity index (χ4v) is 4.22. The molecule has 3 unspecified atom stereocenters. The van der Waals surface area contributed by atoms with E-state index >= 15 is 0 Å². The first-order valence-corrected chi connectivity index (χ1v) is 11.0. The van der Waals surface area contributed by atoms with Gasteiger partial charge in [0.1, 0.15) is 0 Å². The normalized spacial score (nSPS) is 28.7. The van der Waals surface area contributed by atoms with Gasteiger partial charge >= 0.3 is 0 Å². The number of hydrogen-bond acceptors (Lipinski definition) is 3. The minimum absolute atomic E-state index is 0.504. The number of nitrogens with zero attached hydrogens (tertiary/aromatic N) is 3. The number of rotatable bonds is 8. The molecule has 2 saturated heterocycles. The summed E-state index contributed by atoms with van der Waals surface area (Å²) in [6, 6.07) is 1.91. The monoisotopic (exact) mass is 365 g/mol. The molecule has 2 aliphatic heterocycles. The van der Waals surface area contributed by atoms with Crippen molar-refractivity contribution in [3.05, 3.63) is 0 Å². The summed E-state index contributed by atoms with van der Waals surface area (Å²) in [4.78, 5) is 10.1. The molecule has 2 aliphatic rings. The lowest BCUT2D eigenvalue weighted by molar-refractivity contribution is 0.158. The lowest BCUT2D eigenvalue weighted by Gasteiger charge is -2.33. The van der Waals surface area contributed by atoms with Crippen LogP contribution in [0.4, 0.5) is 0 Å². The summed E-state index contributed by atoms with van der Waals surface area (Å²) in [6.07, 6.45) is 6.60. The van der Waals surface area contributed by atoms with Crippen molar-refractivity contribution in [1.29, 1.82) is 0 Å². The lowest BCUT2D eigenvalue weighted by atomic mass is 10.0. The molecule has 2 heterocycles. The first kappa shape index (κ1) is 21.5. The number of likely N-dealkylation sites (tertiary alicyclic amines) is 2. The molecule has 0 saturated carbocycles. The first-order valence-electron chi connectivity index (χ1n) is 11.0. The number of hydrogen-bond donors (Lipinski definition) is 2. The second-order valence-corrected chi connectivity index (χ2v) is 8.62. The number of unbranched alkanes of at least 4 members (excludes halogenated alkanes) is 1. The molecule has 0 aliphatic carbocycles. The van der Waals surface area contributed by atoms with Gasteiger partial charge in [0.15, 0.2) is 5.96 Å². The summed E-state index contributed by atoms with van der Waals surface area (Å²) in [5, 5.41) is 7.12. The van der Waals surface area contributed by atoms with Crippen LogP contribution in [0.3, 0.4) is 0 Å². The van der Waals surface area contributed by atoms with Crippen molar-refractivity contribution >= 4 is 5.96 Å². The highest BCUT2D eigenvalue weighted by molar-refractivity contribution is 5.80. The maximum absolute atomic E-state index is 4.84. The molecule has 0 radical (unpaired) electrons. The Balaban J connectivity index is 1.72. The van der Waals surface area contributed by atoms with Gasteiger partial charge < -0.3 is 15.5 Å². The van der Waals surface area contributed by atoms with Gasteiger partial charge in [0.25, 0.3) is 0 Å². The summed E-state index contributed by atoms with van der Waals surface area (Å²) < 4.78 is 0. The Morgan fingerprint density at radius 2 is 1.96 bits per heavy atom. The number of guanidine groups is 1.